The second-order valence-electron chi connectivity index (χ2n) is 7.37. The van der Waals surface area contributed by atoms with Crippen molar-refractivity contribution in [2.24, 2.45) is 0 Å². The van der Waals surface area contributed by atoms with E-state index in [4.69, 9.17) is 9.47 Å². The fourth-order valence-electron chi connectivity index (χ4n) is 3.03. The number of aliphatic carboxylic acids is 1. The normalized spacial score (nSPS) is 17.3. The number of carbonyl (C=O) groups is 2. The molecule has 7 heteroatoms. The molecular weight excluding hydrogens is 336 g/mol. The molecule has 1 saturated heterocycles. The van der Waals surface area contributed by atoms with Crippen LogP contribution in [-0.4, -0.2) is 65.9 Å². The van der Waals surface area contributed by atoms with Crippen LogP contribution in [0.3, 0.4) is 0 Å². The maximum absolute atomic E-state index is 12.3. The van der Waals surface area contributed by atoms with Gasteiger partial charge >= 0.3 is 12.1 Å². The standard InChI is InChI=1S/C19H28N2O5/c1-19(2,3)26-18(24)21-10-6-9-20(11-12-21)16(17(22)23)14-7-5-8-15(13-14)25-4/h5,7-8,13,16H,6,9-12H2,1-4H3,(H,22,23)/t16-/m0/s1. The van der Waals surface area contributed by atoms with Crippen molar-refractivity contribution < 1.29 is 24.2 Å². The van der Waals surface area contributed by atoms with Crippen molar-refractivity contribution >= 4 is 12.1 Å². The molecule has 0 radical (unpaired) electrons. The molecule has 1 aromatic carbocycles. The summed E-state index contributed by atoms with van der Waals surface area (Å²) < 4.78 is 10.6. The van der Waals surface area contributed by atoms with E-state index in [1.54, 1.807) is 36.3 Å². The van der Waals surface area contributed by atoms with Crippen molar-refractivity contribution in [2.45, 2.75) is 38.8 Å². The highest BCUT2D eigenvalue weighted by atomic mass is 16.6. The largest absolute Gasteiger partial charge is 0.497 e. The maximum atomic E-state index is 12.3. The third-order valence-corrected chi connectivity index (χ3v) is 4.19. The van der Waals surface area contributed by atoms with Crippen molar-refractivity contribution in [1.29, 1.82) is 0 Å². The van der Waals surface area contributed by atoms with E-state index in [0.717, 1.165) is 0 Å². The number of methoxy groups -OCH3 is 1. The van der Waals surface area contributed by atoms with Gasteiger partial charge < -0.3 is 19.5 Å². The Balaban J connectivity index is 2.11. The number of nitrogens with zero attached hydrogens (tertiary/aromatic N) is 2. The molecule has 0 spiro atoms. The Morgan fingerprint density at radius 2 is 1.88 bits per heavy atom. The van der Waals surface area contributed by atoms with E-state index >= 15 is 0 Å². The first-order valence-electron chi connectivity index (χ1n) is 8.80. The highest BCUT2D eigenvalue weighted by Gasteiger charge is 2.31. The van der Waals surface area contributed by atoms with Crippen molar-refractivity contribution in [1.82, 2.24) is 9.80 Å². The number of amides is 1. The smallest absolute Gasteiger partial charge is 0.410 e. The maximum Gasteiger partial charge on any atom is 0.410 e. The number of hydrogen-bond donors (Lipinski definition) is 1. The molecule has 1 aliphatic rings. The van der Waals surface area contributed by atoms with Crippen molar-refractivity contribution in [2.75, 3.05) is 33.3 Å². The molecule has 1 heterocycles. The molecule has 0 aliphatic carbocycles. The third-order valence-electron chi connectivity index (χ3n) is 4.19. The number of carboxylic acid groups (broad SMARTS) is 1. The van der Waals surface area contributed by atoms with Gasteiger partial charge in [-0.1, -0.05) is 12.1 Å². The Kier molecular flexibility index (Phi) is 6.47. The Bertz CT molecular complexity index is 641. The average molecular weight is 364 g/mol. The van der Waals surface area contributed by atoms with Gasteiger partial charge in [-0.25, -0.2) is 4.79 Å². The molecular formula is C19H28N2O5. The molecule has 1 aromatic rings. The van der Waals surface area contributed by atoms with Crippen LogP contribution < -0.4 is 4.74 Å². The van der Waals surface area contributed by atoms with E-state index in [0.29, 0.717) is 43.9 Å². The monoisotopic (exact) mass is 364 g/mol. The molecule has 0 saturated carbocycles. The minimum absolute atomic E-state index is 0.354. The quantitative estimate of drug-likeness (QED) is 0.885. The zero-order valence-electron chi connectivity index (χ0n) is 15.9. The SMILES string of the molecule is COc1cccc([C@@H](C(=O)O)N2CCCN(C(=O)OC(C)(C)C)CC2)c1. The van der Waals surface area contributed by atoms with Crippen LogP contribution in [0, 0.1) is 0 Å². The number of hydrogen-bond acceptors (Lipinski definition) is 5. The Morgan fingerprint density at radius 3 is 2.50 bits per heavy atom. The van der Waals surface area contributed by atoms with Gasteiger partial charge in [-0.3, -0.25) is 9.69 Å². The predicted octanol–water partition coefficient (Wildman–Crippen LogP) is 2.76. The Morgan fingerprint density at radius 1 is 1.15 bits per heavy atom. The summed E-state index contributed by atoms with van der Waals surface area (Å²) >= 11 is 0. The second-order valence-corrected chi connectivity index (χ2v) is 7.37. The minimum Gasteiger partial charge on any atom is -0.497 e. The molecule has 1 amide bonds. The summed E-state index contributed by atoms with van der Waals surface area (Å²) in [5.41, 5.74) is 0.121. The number of benzene rings is 1. The first-order valence-corrected chi connectivity index (χ1v) is 8.80. The van der Waals surface area contributed by atoms with E-state index in [1.807, 2.05) is 25.7 Å². The summed E-state index contributed by atoms with van der Waals surface area (Å²) in [5, 5.41) is 9.77. The molecule has 1 aliphatic heterocycles. The lowest BCUT2D eigenvalue weighted by atomic mass is 10.0. The first-order chi connectivity index (χ1) is 12.2. The lowest BCUT2D eigenvalue weighted by Crippen LogP contribution is -2.40. The van der Waals surface area contributed by atoms with Crippen LogP contribution >= 0.6 is 0 Å². The summed E-state index contributed by atoms with van der Waals surface area (Å²) in [7, 11) is 1.56. The highest BCUT2D eigenvalue weighted by Crippen LogP contribution is 2.26. The molecule has 1 fully saturated rings. The number of rotatable bonds is 4. The second kappa shape index (κ2) is 8.40. The molecule has 0 unspecified atom stereocenters. The molecule has 0 bridgehead atoms. The fourth-order valence-corrected chi connectivity index (χ4v) is 3.03. The van der Waals surface area contributed by atoms with Gasteiger partial charge in [-0.15, -0.1) is 0 Å². The van der Waals surface area contributed by atoms with E-state index in [1.165, 1.54) is 0 Å². The summed E-state index contributed by atoms with van der Waals surface area (Å²) in [6.07, 6.45) is 0.333. The Labute approximate surface area is 154 Å². The van der Waals surface area contributed by atoms with Gasteiger partial charge in [0.25, 0.3) is 0 Å². The lowest BCUT2D eigenvalue weighted by molar-refractivity contribution is -0.143. The van der Waals surface area contributed by atoms with Gasteiger partial charge in [-0.2, -0.15) is 0 Å². The summed E-state index contributed by atoms with van der Waals surface area (Å²) in [6, 6.07) is 6.33. The molecule has 1 N–H and O–H groups in total. The Hall–Kier alpha value is -2.28. The zero-order chi connectivity index (χ0) is 19.3. The summed E-state index contributed by atoms with van der Waals surface area (Å²) in [5.74, 6) is -0.289. The van der Waals surface area contributed by atoms with Gasteiger partial charge in [0.15, 0.2) is 0 Å². The van der Waals surface area contributed by atoms with Crippen LogP contribution in [0.2, 0.25) is 0 Å². The van der Waals surface area contributed by atoms with E-state index in [-0.39, 0.29) is 6.09 Å². The summed E-state index contributed by atoms with van der Waals surface area (Å²) in [4.78, 5) is 27.7. The average Bonchev–Trinajstić information content (AvgIpc) is 2.79. The van der Waals surface area contributed by atoms with Crippen LogP contribution in [0.1, 0.15) is 38.8 Å². The van der Waals surface area contributed by atoms with Crippen LogP contribution in [-0.2, 0) is 9.53 Å². The minimum atomic E-state index is -0.913. The molecule has 7 nitrogen and oxygen atoms in total. The zero-order valence-corrected chi connectivity index (χ0v) is 15.9. The van der Waals surface area contributed by atoms with E-state index in [9.17, 15) is 14.7 Å². The van der Waals surface area contributed by atoms with E-state index < -0.39 is 17.6 Å². The van der Waals surface area contributed by atoms with Gasteiger partial charge in [0.1, 0.15) is 17.4 Å². The molecule has 0 aromatic heterocycles. The summed E-state index contributed by atoms with van der Waals surface area (Å²) in [6.45, 7) is 7.54. The number of carboxylic acids is 1. The van der Waals surface area contributed by atoms with Crippen LogP contribution in [0.4, 0.5) is 4.79 Å². The van der Waals surface area contributed by atoms with Crippen molar-refractivity contribution in [3.8, 4) is 5.75 Å². The molecule has 144 valence electrons. The first kappa shape index (κ1) is 20.0. The van der Waals surface area contributed by atoms with Crippen LogP contribution in [0.5, 0.6) is 5.75 Å². The van der Waals surface area contributed by atoms with Crippen molar-refractivity contribution in [3.05, 3.63) is 29.8 Å². The van der Waals surface area contributed by atoms with Crippen LogP contribution in [0.25, 0.3) is 0 Å². The van der Waals surface area contributed by atoms with Crippen LogP contribution in [0.15, 0.2) is 24.3 Å². The third kappa shape index (κ3) is 5.36. The topological polar surface area (TPSA) is 79.3 Å². The van der Waals surface area contributed by atoms with Gasteiger partial charge in [0.05, 0.1) is 7.11 Å². The molecule has 26 heavy (non-hydrogen) atoms. The van der Waals surface area contributed by atoms with Gasteiger partial charge in [-0.05, 0) is 44.9 Å². The number of ether oxygens (including phenoxy) is 2. The van der Waals surface area contributed by atoms with E-state index in [2.05, 4.69) is 0 Å². The number of carbonyl (C=O) groups excluding carboxylic acids is 1. The lowest BCUT2D eigenvalue weighted by Gasteiger charge is -2.28. The molecule has 2 rings (SSSR count). The van der Waals surface area contributed by atoms with Crippen molar-refractivity contribution in [3.63, 3.8) is 0 Å². The highest BCUT2D eigenvalue weighted by molar-refractivity contribution is 5.76. The predicted molar refractivity (Wildman–Crippen MR) is 97.4 cm³/mol. The van der Waals surface area contributed by atoms with Gasteiger partial charge in [0.2, 0.25) is 0 Å². The molecule has 1 atom stereocenters. The van der Waals surface area contributed by atoms with Gasteiger partial charge in [0, 0.05) is 26.2 Å². The fraction of sp³-hybridized carbons (Fsp3) is 0.579.